The Labute approximate surface area is 98.5 Å². The van der Waals surface area contributed by atoms with Gasteiger partial charge in [0.1, 0.15) is 0 Å². The monoisotopic (exact) mass is 252 g/mol. The Morgan fingerprint density at radius 1 is 1.29 bits per heavy atom. The van der Waals surface area contributed by atoms with E-state index in [4.69, 9.17) is 11.6 Å². The van der Waals surface area contributed by atoms with E-state index >= 15 is 0 Å². The van der Waals surface area contributed by atoms with E-state index in [2.05, 4.69) is 10.2 Å². The minimum absolute atomic E-state index is 0.114. The number of H-pyrrole nitrogens is 1. The van der Waals surface area contributed by atoms with E-state index in [0.717, 1.165) is 0 Å². The number of aromatic nitrogens is 1. The van der Waals surface area contributed by atoms with Crippen LogP contribution in [0.2, 0.25) is 5.02 Å². The standard InChI is InChI=1S/C10H5ClN2O4/c11-4-1-2-5-6(3-4)12-10(16)9(15)7(13-17)8(5)14/h1-3,14H,(H,12,15,16). The molecule has 0 aliphatic carbocycles. The molecule has 0 saturated heterocycles. The van der Waals surface area contributed by atoms with Crippen molar-refractivity contribution in [1.82, 2.24) is 4.98 Å². The largest absolute Gasteiger partial charge is 0.505 e. The molecule has 2 N–H and O–H groups in total. The van der Waals surface area contributed by atoms with Gasteiger partial charge in [0.25, 0.3) is 11.0 Å². The number of halogens is 1. The van der Waals surface area contributed by atoms with E-state index in [0.29, 0.717) is 5.02 Å². The van der Waals surface area contributed by atoms with Gasteiger partial charge in [-0.25, -0.2) is 0 Å². The summed E-state index contributed by atoms with van der Waals surface area (Å²) in [6, 6.07) is 4.17. The van der Waals surface area contributed by atoms with Crippen molar-refractivity contribution in [2.75, 3.05) is 0 Å². The van der Waals surface area contributed by atoms with Gasteiger partial charge in [-0.3, -0.25) is 9.59 Å². The maximum atomic E-state index is 11.4. The van der Waals surface area contributed by atoms with Gasteiger partial charge < -0.3 is 10.1 Å². The van der Waals surface area contributed by atoms with Gasteiger partial charge in [0.15, 0.2) is 5.75 Å². The van der Waals surface area contributed by atoms with Crippen molar-refractivity contribution in [1.29, 1.82) is 0 Å². The van der Waals surface area contributed by atoms with Crippen LogP contribution >= 0.6 is 11.6 Å². The number of fused-ring (bicyclic) bond motifs is 1. The normalized spacial score (nSPS) is 10.4. The molecule has 7 heteroatoms. The second-order valence-corrected chi connectivity index (χ2v) is 3.70. The molecule has 0 radical (unpaired) electrons. The molecule has 6 nitrogen and oxygen atoms in total. The van der Waals surface area contributed by atoms with Crippen molar-refractivity contribution in [2.24, 2.45) is 5.18 Å². The molecule has 0 aliphatic rings. The SMILES string of the molecule is O=Nc1c(O)c2ccc(Cl)cc2[nH]c(=O)c1=O. The Hall–Kier alpha value is -2.21. The van der Waals surface area contributed by atoms with E-state index in [1.54, 1.807) is 0 Å². The molecule has 1 heterocycles. The van der Waals surface area contributed by atoms with Crippen molar-refractivity contribution in [2.45, 2.75) is 0 Å². The quantitative estimate of drug-likeness (QED) is 0.595. The molecule has 0 saturated carbocycles. The third kappa shape index (κ3) is 1.78. The van der Waals surface area contributed by atoms with Crippen molar-refractivity contribution in [3.05, 3.63) is 48.7 Å². The van der Waals surface area contributed by atoms with Crippen LogP contribution in [-0.2, 0) is 0 Å². The van der Waals surface area contributed by atoms with Crippen LogP contribution in [0.4, 0.5) is 5.69 Å². The zero-order chi connectivity index (χ0) is 12.6. The summed E-state index contributed by atoms with van der Waals surface area (Å²) >= 11 is 5.71. The molecule has 1 aromatic carbocycles. The molecular weight excluding hydrogens is 248 g/mol. The Balaban J connectivity index is 3.17. The number of hydrogen-bond acceptors (Lipinski definition) is 5. The van der Waals surface area contributed by atoms with Crippen LogP contribution in [0, 0.1) is 4.91 Å². The lowest BCUT2D eigenvalue weighted by Gasteiger charge is -1.96. The molecule has 0 atom stereocenters. The minimum atomic E-state index is -1.19. The van der Waals surface area contributed by atoms with Gasteiger partial charge in [-0.1, -0.05) is 11.6 Å². The molecule has 86 valence electrons. The number of nitrogens with one attached hydrogen (secondary N) is 1. The maximum Gasteiger partial charge on any atom is 0.298 e. The molecule has 0 fully saturated rings. The zero-order valence-corrected chi connectivity index (χ0v) is 8.99. The smallest absolute Gasteiger partial charge is 0.298 e. The summed E-state index contributed by atoms with van der Waals surface area (Å²) in [5, 5.41) is 12.5. The van der Waals surface area contributed by atoms with Gasteiger partial charge in [0.2, 0.25) is 5.69 Å². The second kappa shape index (κ2) is 3.99. The molecule has 0 amide bonds. The molecule has 0 unspecified atom stereocenters. The highest BCUT2D eigenvalue weighted by molar-refractivity contribution is 6.31. The lowest BCUT2D eigenvalue weighted by atomic mass is 10.2. The van der Waals surface area contributed by atoms with E-state index in [-0.39, 0.29) is 10.9 Å². The molecule has 2 rings (SSSR count). The molecule has 17 heavy (non-hydrogen) atoms. The van der Waals surface area contributed by atoms with Gasteiger partial charge in [0, 0.05) is 10.4 Å². The van der Waals surface area contributed by atoms with Crippen molar-refractivity contribution >= 4 is 28.2 Å². The lowest BCUT2D eigenvalue weighted by Crippen LogP contribution is -2.22. The highest BCUT2D eigenvalue weighted by Crippen LogP contribution is 2.29. The number of aromatic hydroxyl groups is 1. The second-order valence-electron chi connectivity index (χ2n) is 3.26. The van der Waals surface area contributed by atoms with Crippen LogP contribution in [0.5, 0.6) is 5.75 Å². The first-order valence-corrected chi connectivity index (χ1v) is 4.84. The van der Waals surface area contributed by atoms with Crippen LogP contribution in [0.1, 0.15) is 0 Å². The van der Waals surface area contributed by atoms with Gasteiger partial charge in [-0.15, -0.1) is 4.91 Å². The summed E-state index contributed by atoms with van der Waals surface area (Å²) in [7, 11) is 0. The summed E-state index contributed by atoms with van der Waals surface area (Å²) in [4.78, 5) is 35.4. The summed E-state index contributed by atoms with van der Waals surface area (Å²) in [6.45, 7) is 0. The van der Waals surface area contributed by atoms with Gasteiger partial charge in [-0.05, 0) is 23.4 Å². The number of benzene rings is 1. The van der Waals surface area contributed by atoms with Crippen molar-refractivity contribution < 1.29 is 5.11 Å². The fourth-order valence-electron chi connectivity index (χ4n) is 1.43. The summed E-state index contributed by atoms with van der Waals surface area (Å²) in [5.41, 5.74) is -2.91. The zero-order valence-electron chi connectivity index (χ0n) is 8.23. The van der Waals surface area contributed by atoms with Crippen LogP contribution < -0.4 is 11.0 Å². The predicted octanol–water partition coefficient (Wildman–Crippen LogP) is 1.65. The molecule has 2 aromatic rings. The highest BCUT2D eigenvalue weighted by Gasteiger charge is 2.12. The topological polar surface area (TPSA) is 99.6 Å². The molecule has 0 aliphatic heterocycles. The van der Waals surface area contributed by atoms with Crippen LogP contribution in [-0.4, -0.2) is 10.1 Å². The third-order valence-corrected chi connectivity index (χ3v) is 2.46. The molecule has 0 bridgehead atoms. The lowest BCUT2D eigenvalue weighted by molar-refractivity contribution is 0.483. The molecule has 1 aromatic heterocycles. The number of hydrogen-bond donors (Lipinski definition) is 2. The Bertz CT molecular complexity index is 739. The summed E-state index contributed by atoms with van der Waals surface area (Å²) in [6.07, 6.45) is 0. The van der Waals surface area contributed by atoms with E-state index in [1.165, 1.54) is 18.2 Å². The van der Waals surface area contributed by atoms with Gasteiger partial charge in [0.05, 0.1) is 5.52 Å². The first-order valence-electron chi connectivity index (χ1n) is 4.47. The Kier molecular flexibility index (Phi) is 2.64. The fourth-order valence-corrected chi connectivity index (χ4v) is 1.60. The average Bonchev–Trinajstić information content (AvgIpc) is 2.36. The average molecular weight is 253 g/mol. The van der Waals surface area contributed by atoms with Gasteiger partial charge in [-0.2, -0.15) is 0 Å². The number of nitrogens with zero attached hydrogens (tertiary/aromatic N) is 1. The number of aromatic amines is 1. The molecular formula is C10H5ClN2O4. The van der Waals surface area contributed by atoms with Gasteiger partial charge >= 0.3 is 0 Å². The molecule has 0 spiro atoms. The van der Waals surface area contributed by atoms with Crippen LogP contribution in [0.3, 0.4) is 0 Å². The van der Waals surface area contributed by atoms with E-state index in [1.807, 2.05) is 0 Å². The van der Waals surface area contributed by atoms with E-state index < -0.39 is 22.4 Å². The maximum absolute atomic E-state index is 11.4. The summed E-state index contributed by atoms with van der Waals surface area (Å²) < 4.78 is 0. The fraction of sp³-hybridized carbons (Fsp3) is 0. The first-order chi connectivity index (χ1) is 8.04. The minimum Gasteiger partial charge on any atom is -0.505 e. The summed E-state index contributed by atoms with van der Waals surface area (Å²) in [5.74, 6) is -0.644. The van der Waals surface area contributed by atoms with Crippen molar-refractivity contribution in [3.8, 4) is 5.75 Å². The number of rotatable bonds is 1. The van der Waals surface area contributed by atoms with Crippen LogP contribution in [0.25, 0.3) is 10.9 Å². The first kappa shape index (κ1) is 11.3. The Morgan fingerprint density at radius 2 is 2.00 bits per heavy atom. The third-order valence-electron chi connectivity index (χ3n) is 2.22. The van der Waals surface area contributed by atoms with Crippen molar-refractivity contribution in [3.63, 3.8) is 0 Å². The predicted molar refractivity (Wildman–Crippen MR) is 63.0 cm³/mol. The Morgan fingerprint density at radius 3 is 2.65 bits per heavy atom. The number of nitroso groups, excluding NO2 is 1. The van der Waals surface area contributed by atoms with Crippen LogP contribution in [0.15, 0.2) is 33.0 Å². The highest BCUT2D eigenvalue weighted by atomic mass is 35.5. The van der Waals surface area contributed by atoms with E-state index in [9.17, 15) is 19.6 Å².